The van der Waals surface area contributed by atoms with Gasteiger partial charge in [0.15, 0.2) is 5.75 Å². The number of nitrogens with two attached hydrogens (primary N) is 1. The van der Waals surface area contributed by atoms with Gasteiger partial charge in [-0.1, -0.05) is 29.3 Å². The molecule has 0 aliphatic heterocycles. The van der Waals surface area contributed by atoms with Crippen LogP contribution < -0.4 is 11.2 Å². The number of primary amides is 1. The standard InChI is InChI=1S/C13H10Cl2N4O2/c14-8-2-1-3-9(15)11(8)7-4-5-17-10(12(7)20)6-18-19-13(16)21/h1-6,20H,(H3,16,19,21). The first-order valence-electron chi connectivity index (χ1n) is 5.71. The maximum atomic E-state index is 10.5. The number of hydrogen-bond acceptors (Lipinski definition) is 4. The molecule has 4 N–H and O–H groups in total. The maximum Gasteiger partial charge on any atom is 0.332 e. The monoisotopic (exact) mass is 324 g/mol. The van der Waals surface area contributed by atoms with Crippen LogP contribution in [-0.2, 0) is 0 Å². The Hall–Kier alpha value is -2.31. The molecular formula is C13H10Cl2N4O2. The van der Waals surface area contributed by atoms with Crippen molar-refractivity contribution < 1.29 is 9.90 Å². The molecule has 0 atom stereocenters. The minimum absolute atomic E-state index is 0.136. The van der Waals surface area contributed by atoms with Gasteiger partial charge in [0.1, 0.15) is 5.69 Å². The first-order chi connectivity index (χ1) is 10.0. The van der Waals surface area contributed by atoms with E-state index >= 15 is 0 Å². The molecule has 2 amide bonds. The van der Waals surface area contributed by atoms with Crippen LogP contribution in [0.15, 0.2) is 35.6 Å². The fourth-order valence-corrected chi connectivity index (χ4v) is 2.28. The number of amides is 2. The summed E-state index contributed by atoms with van der Waals surface area (Å²) in [4.78, 5) is 14.5. The molecule has 1 heterocycles. The highest BCUT2D eigenvalue weighted by Gasteiger charge is 2.14. The Bertz CT molecular complexity index is 699. The van der Waals surface area contributed by atoms with E-state index in [0.29, 0.717) is 21.2 Å². The first-order valence-corrected chi connectivity index (χ1v) is 6.47. The fourth-order valence-electron chi connectivity index (χ4n) is 1.68. The van der Waals surface area contributed by atoms with E-state index in [1.54, 1.807) is 24.3 Å². The van der Waals surface area contributed by atoms with Gasteiger partial charge in [0.2, 0.25) is 0 Å². The number of nitrogens with zero attached hydrogens (tertiary/aromatic N) is 2. The van der Waals surface area contributed by atoms with Gasteiger partial charge in [-0.3, -0.25) is 4.98 Å². The molecule has 108 valence electrons. The van der Waals surface area contributed by atoms with E-state index in [9.17, 15) is 9.90 Å². The number of aromatic nitrogens is 1. The van der Waals surface area contributed by atoms with Gasteiger partial charge in [-0.15, -0.1) is 0 Å². The number of hydrogen-bond donors (Lipinski definition) is 3. The van der Waals surface area contributed by atoms with E-state index in [1.165, 1.54) is 6.20 Å². The third kappa shape index (κ3) is 3.42. The molecule has 1 aromatic carbocycles. The summed E-state index contributed by atoms with van der Waals surface area (Å²) in [5.41, 5.74) is 7.91. The smallest absolute Gasteiger partial charge is 0.332 e. The van der Waals surface area contributed by atoms with Crippen molar-refractivity contribution in [3.8, 4) is 16.9 Å². The molecule has 2 aromatic rings. The van der Waals surface area contributed by atoms with Crippen molar-refractivity contribution in [2.45, 2.75) is 0 Å². The second kappa shape index (κ2) is 6.43. The van der Waals surface area contributed by atoms with Gasteiger partial charge >= 0.3 is 6.03 Å². The van der Waals surface area contributed by atoms with Crippen molar-refractivity contribution in [2.24, 2.45) is 10.8 Å². The normalized spacial score (nSPS) is 10.8. The Morgan fingerprint density at radius 2 is 2.00 bits per heavy atom. The van der Waals surface area contributed by atoms with Gasteiger partial charge in [-0.25, -0.2) is 10.2 Å². The molecule has 0 unspecified atom stereocenters. The second-order valence-corrected chi connectivity index (χ2v) is 4.74. The van der Waals surface area contributed by atoms with Crippen molar-refractivity contribution in [2.75, 3.05) is 0 Å². The minimum atomic E-state index is -0.823. The minimum Gasteiger partial charge on any atom is -0.505 e. The highest BCUT2D eigenvalue weighted by Crippen LogP contribution is 2.39. The van der Waals surface area contributed by atoms with Crippen LogP contribution in [0.25, 0.3) is 11.1 Å². The summed E-state index contributed by atoms with van der Waals surface area (Å²) in [6.45, 7) is 0. The van der Waals surface area contributed by atoms with Crippen molar-refractivity contribution in [1.29, 1.82) is 0 Å². The number of urea groups is 1. The molecule has 0 aliphatic rings. The van der Waals surface area contributed by atoms with Crippen LogP contribution >= 0.6 is 23.2 Å². The predicted molar refractivity (Wildman–Crippen MR) is 81.7 cm³/mol. The van der Waals surface area contributed by atoms with Crippen LogP contribution in [0.1, 0.15) is 5.69 Å². The van der Waals surface area contributed by atoms with Gasteiger partial charge in [0.05, 0.1) is 16.3 Å². The topological polar surface area (TPSA) is 101 Å². The van der Waals surface area contributed by atoms with Crippen LogP contribution in [0.3, 0.4) is 0 Å². The highest BCUT2D eigenvalue weighted by atomic mass is 35.5. The molecule has 8 heteroatoms. The SMILES string of the molecule is NC(=O)NN=Cc1nccc(-c2c(Cl)cccc2Cl)c1O. The molecule has 0 aliphatic carbocycles. The molecule has 1 aromatic heterocycles. The number of carbonyl (C=O) groups is 1. The molecule has 0 radical (unpaired) electrons. The summed E-state index contributed by atoms with van der Waals surface area (Å²) in [6.07, 6.45) is 2.62. The average Bonchev–Trinajstić information content (AvgIpc) is 2.41. The first kappa shape index (κ1) is 15.1. The number of pyridine rings is 1. The zero-order valence-corrected chi connectivity index (χ0v) is 12.1. The summed E-state index contributed by atoms with van der Waals surface area (Å²) < 4.78 is 0. The fraction of sp³-hybridized carbons (Fsp3) is 0. The van der Waals surface area contributed by atoms with Gasteiger partial charge in [0, 0.05) is 17.3 Å². The zero-order chi connectivity index (χ0) is 15.4. The molecule has 0 saturated carbocycles. The van der Waals surface area contributed by atoms with E-state index in [4.69, 9.17) is 28.9 Å². The lowest BCUT2D eigenvalue weighted by atomic mass is 10.0. The number of benzene rings is 1. The summed E-state index contributed by atoms with van der Waals surface area (Å²) in [6, 6.07) is 5.76. The lowest BCUT2D eigenvalue weighted by Gasteiger charge is -2.10. The molecule has 21 heavy (non-hydrogen) atoms. The van der Waals surface area contributed by atoms with Crippen molar-refractivity contribution >= 4 is 35.4 Å². The van der Waals surface area contributed by atoms with Gasteiger partial charge in [0.25, 0.3) is 0 Å². The number of halogens is 2. The lowest BCUT2D eigenvalue weighted by molar-refractivity contribution is 0.249. The lowest BCUT2D eigenvalue weighted by Crippen LogP contribution is -2.24. The van der Waals surface area contributed by atoms with Crippen molar-refractivity contribution in [3.63, 3.8) is 0 Å². The van der Waals surface area contributed by atoms with Crippen molar-refractivity contribution in [1.82, 2.24) is 10.4 Å². The van der Waals surface area contributed by atoms with Crippen LogP contribution in [0.2, 0.25) is 10.0 Å². The molecule has 0 bridgehead atoms. The predicted octanol–water partition coefficient (Wildman–Crippen LogP) is 2.76. The van der Waals surface area contributed by atoms with E-state index in [1.807, 2.05) is 5.43 Å². The number of nitrogens with one attached hydrogen (secondary N) is 1. The van der Waals surface area contributed by atoms with Gasteiger partial charge in [-0.2, -0.15) is 5.10 Å². The third-order valence-electron chi connectivity index (χ3n) is 2.55. The molecule has 0 saturated heterocycles. The van der Waals surface area contributed by atoms with E-state index < -0.39 is 6.03 Å². The number of rotatable bonds is 3. The number of hydrazone groups is 1. The van der Waals surface area contributed by atoms with Crippen LogP contribution in [0.4, 0.5) is 4.79 Å². The highest BCUT2D eigenvalue weighted by molar-refractivity contribution is 6.39. The number of aromatic hydroxyl groups is 1. The van der Waals surface area contributed by atoms with E-state index in [2.05, 4.69) is 10.1 Å². The molecule has 6 nitrogen and oxygen atoms in total. The Morgan fingerprint density at radius 3 is 2.62 bits per heavy atom. The zero-order valence-electron chi connectivity index (χ0n) is 10.5. The third-order valence-corrected chi connectivity index (χ3v) is 3.18. The van der Waals surface area contributed by atoms with Gasteiger partial charge < -0.3 is 10.8 Å². The molecule has 0 fully saturated rings. The Labute approximate surface area is 130 Å². The van der Waals surface area contributed by atoms with E-state index in [-0.39, 0.29) is 11.4 Å². The Morgan fingerprint density at radius 1 is 1.33 bits per heavy atom. The largest absolute Gasteiger partial charge is 0.505 e. The van der Waals surface area contributed by atoms with Gasteiger partial charge in [-0.05, 0) is 18.2 Å². The van der Waals surface area contributed by atoms with Crippen molar-refractivity contribution in [3.05, 3.63) is 46.2 Å². The molecule has 2 rings (SSSR count). The summed E-state index contributed by atoms with van der Waals surface area (Å²) in [5, 5.41) is 14.6. The summed E-state index contributed by atoms with van der Waals surface area (Å²) >= 11 is 12.2. The van der Waals surface area contributed by atoms with Crippen LogP contribution in [0, 0.1) is 0 Å². The summed E-state index contributed by atoms with van der Waals surface area (Å²) in [5.74, 6) is -0.164. The molecular weight excluding hydrogens is 315 g/mol. The quantitative estimate of drug-likeness (QED) is 0.597. The second-order valence-electron chi connectivity index (χ2n) is 3.92. The maximum absolute atomic E-state index is 10.5. The van der Waals surface area contributed by atoms with Crippen LogP contribution in [-0.4, -0.2) is 22.3 Å². The number of carbonyl (C=O) groups excluding carboxylic acids is 1. The van der Waals surface area contributed by atoms with E-state index in [0.717, 1.165) is 6.21 Å². The summed E-state index contributed by atoms with van der Waals surface area (Å²) in [7, 11) is 0. The Kier molecular flexibility index (Phi) is 4.62. The molecule has 0 spiro atoms. The Balaban J connectivity index is 2.47. The van der Waals surface area contributed by atoms with Crippen LogP contribution in [0.5, 0.6) is 5.75 Å². The average molecular weight is 325 g/mol.